The number of likely N-dealkylation sites (tertiary alicyclic amines) is 1. The summed E-state index contributed by atoms with van der Waals surface area (Å²) in [6, 6.07) is 10.0. The van der Waals surface area contributed by atoms with Crippen LogP contribution in [0.15, 0.2) is 30.3 Å². The van der Waals surface area contributed by atoms with Crippen molar-refractivity contribution < 1.29 is 4.79 Å². The second-order valence-corrected chi connectivity index (χ2v) is 6.18. The van der Waals surface area contributed by atoms with Crippen molar-refractivity contribution in [1.29, 1.82) is 0 Å². The zero-order valence-corrected chi connectivity index (χ0v) is 11.3. The molecule has 19 heavy (non-hydrogen) atoms. The maximum Gasteiger partial charge on any atom is 0.253 e. The Morgan fingerprint density at radius 1 is 1.16 bits per heavy atom. The van der Waals surface area contributed by atoms with E-state index in [1.54, 1.807) is 0 Å². The molecule has 0 radical (unpaired) electrons. The molecule has 0 bridgehead atoms. The van der Waals surface area contributed by atoms with Gasteiger partial charge in [-0.05, 0) is 49.7 Å². The molecule has 1 aliphatic carbocycles. The fraction of sp³-hybridized carbons (Fsp3) is 0.562. The van der Waals surface area contributed by atoms with Crippen LogP contribution >= 0.6 is 0 Å². The lowest BCUT2D eigenvalue weighted by molar-refractivity contribution is 0.0756. The van der Waals surface area contributed by atoms with Crippen LogP contribution in [0.5, 0.6) is 0 Å². The third kappa shape index (κ3) is 2.52. The molecule has 3 heteroatoms. The number of rotatable bonds is 1. The van der Waals surface area contributed by atoms with Crippen molar-refractivity contribution in [2.45, 2.75) is 38.1 Å². The van der Waals surface area contributed by atoms with Crippen LogP contribution in [0.25, 0.3) is 0 Å². The van der Waals surface area contributed by atoms with Gasteiger partial charge in [0, 0.05) is 24.7 Å². The highest BCUT2D eigenvalue weighted by molar-refractivity contribution is 5.94. The molecule has 2 aliphatic rings. The second-order valence-electron chi connectivity index (χ2n) is 6.18. The molecule has 0 aromatic heterocycles. The summed E-state index contributed by atoms with van der Waals surface area (Å²) in [5.41, 5.74) is 7.16. The van der Waals surface area contributed by atoms with E-state index in [0.717, 1.165) is 37.9 Å². The Kier molecular flexibility index (Phi) is 3.31. The summed E-state index contributed by atoms with van der Waals surface area (Å²) in [5, 5.41) is 0. The Hall–Kier alpha value is -1.35. The number of nitrogens with two attached hydrogens (primary N) is 1. The van der Waals surface area contributed by atoms with Crippen LogP contribution in [0.2, 0.25) is 0 Å². The monoisotopic (exact) mass is 258 g/mol. The van der Waals surface area contributed by atoms with E-state index >= 15 is 0 Å². The standard InChI is InChI=1S/C16H22N2O/c17-14-6-8-16(9-7-14)10-11-18(12-16)15(19)13-4-2-1-3-5-13/h1-5,14H,6-12,17H2. The summed E-state index contributed by atoms with van der Waals surface area (Å²) in [4.78, 5) is 14.5. The van der Waals surface area contributed by atoms with Crippen LogP contribution in [0.3, 0.4) is 0 Å². The minimum atomic E-state index is 0.187. The van der Waals surface area contributed by atoms with Crippen molar-refractivity contribution in [1.82, 2.24) is 4.90 Å². The Balaban J connectivity index is 1.67. The van der Waals surface area contributed by atoms with E-state index in [2.05, 4.69) is 0 Å². The largest absolute Gasteiger partial charge is 0.338 e. The van der Waals surface area contributed by atoms with Gasteiger partial charge in [0.05, 0.1) is 0 Å². The van der Waals surface area contributed by atoms with Gasteiger partial charge in [-0.2, -0.15) is 0 Å². The highest BCUT2D eigenvalue weighted by Gasteiger charge is 2.41. The first kappa shape index (κ1) is 12.7. The quantitative estimate of drug-likeness (QED) is 0.841. The Labute approximate surface area is 114 Å². The van der Waals surface area contributed by atoms with Crippen molar-refractivity contribution in [3.8, 4) is 0 Å². The predicted octanol–water partition coefficient (Wildman–Crippen LogP) is 2.42. The van der Waals surface area contributed by atoms with E-state index in [0.29, 0.717) is 11.5 Å². The van der Waals surface area contributed by atoms with E-state index in [-0.39, 0.29) is 5.91 Å². The molecule has 1 aliphatic heterocycles. The van der Waals surface area contributed by atoms with E-state index in [1.807, 2.05) is 35.2 Å². The Bertz CT molecular complexity index is 449. The fourth-order valence-corrected chi connectivity index (χ4v) is 3.53. The molecule has 3 rings (SSSR count). The van der Waals surface area contributed by atoms with Crippen LogP contribution < -0.4 is 5.73 Å². The molecule has 1 spiro atoms. The summed E-state index contributed by atoms with van der Waals surface area (Å²) >= 11 is 0. The van der Waals surface area contributed by atoms with E-state index in [9.17, 15) is 4.79 Å². The van der Waals surface area contributed by atoms with Gasteiger partial charge in [0.1, 0.15) is 0 Å². The lowest BCUT2D eigenvalue weighted by Crippen LogP contribution is -2.37. The third-order valence-corrected chi connectivity index (χ3v) is 4.84. The first-order valence-electron chi connectivity index (χ1n) is 7.28. The lowest BCUT2D eigenvalue weighted by atomic mass is 9.72. The minimum Gasteiger partial charge on any atom is -0.338 e. The summed E-state index contributed by atoms with van der Waals surface area (Å²) in [7, 11) is 0. The predicted molar refractivity (Wildman–Crippen MR) is 75.8 cm³/mol. The number of benzene rings is 1. The van der Waals surface area contributed by atoms with Gasteiger partial charge in [-0.25, -0.2) is 0 Å². The number of carbonyl (C=O) groups excluding carboxylic acids is 1. The van der Waals surface area contributed by atoms with Gasteiger partial charge >= 0.3 is 0 Å². The van der Waals surface area contributed by atoms with Crippen molar-refractivity contribution in [3.05, 3.63) is 35.9 Å². The molecular formula is C16H22N2O. The molecule has 0 unspecified atom stereocenters. The molecule has 1 aromatic rings. The maximum absolute atomic E-state index is 12.4. The third-order valence-electron chi connectivity index (χ3n) is 4.84. The van der Waals surface area contributed by atoms with Gasteiger partial charge in [0.2, 0.25) is 0 Å². The van der Waals surface area contributed by atoms with Gasteiger partial charge in [-0.15, -0.1) is 0 Å². The zero-order chi connectivity index (χ0) is 13.3. The fourth-order valence-electron chi connectivity index (χ4n) is 3.53. The van der Waals surface area contributed by atoms with Crippen LogP contribution in [0, 0.1) is 5.41 Å². The van der Waals surface area contributed by atoms with E-state index in [1.165, 1.54) is 12.8 Å². The van der Waals surface area contributed by atoms with Crippen molar-refractivity contribution in [2.24, 2.45) is 11.1 Å². The van der Waals surface area contributed by atoms with Gasteiger partial charge in [0.15, 0.2) is 0 Å². The molecule has 1 saturated carbocycles. The average molecular weight is 258 g/mol. The molecule has 1 aromatic carbocycles. The smallest absolute Gasteiger partial charge is 0.253 e. The molecule has 1 heterocycles. The topological polar surface area (TPSA) is 46.3 Å². The lowest BCUT2D eigenvalue weighted by Gasteiger charge is -2.35. The first-order chi connectivity index (χ1) is 9.19. The number of amides is 1. The first-order valence-corrected chi connectivity index (χ1v) is 7.28. The number of hydrogen-bond donors (Lipinski definition) is 1. The van der Waals surface area contributed by atoms with Gasteiger partial charge < -0.3 is 10.6 Å². The maximum atomic E-state index is 12.4. The van der Waals surface area contributed by atoms with Gasteiger partial charge in [0.25, 0.3) is 5.91 Å². The van der Waals surface area contributed by atoms with Crippen LogP contribution in [0.1, 0.15) is 42.5 Å². The van der Waals surface area contributed by atoms with E-state index < -0.39 is 0 Å². The van der Waals surface area contributed by atoms with Crippen molar-refractivity contribution >= 4 is 5.91 Å². The van der Waals surface area contributed by atoms with Crippen LogP contribution in [0.4, 0.5) is 0 Å². The number of hydrogen-bond acceptors (Lipinski definition) is 2. The molecule has 0 atom stereocenters. The Morgan fingerprint density at radius 2 is 1.84 bits per heavy atom. The average Bonchev–Trinajstić information content (AvgIpc) is 2.87. The molecule has 1 amide bonds. The van der Waals surface area contributed by atoms with Crippen LogP contribution in [-0.2, 0) is 0 Å². The Morgan fingerprint density at radius 3 is 2.53 bits per heavy atom. The summed E-state index contributed by atoms with van der Waals surface area (Å²) in [5.74, 6) is 0.187. The summed E-state index contributed by atoms with van der Waals surface area (Å²) < 4.78 is 0. The molecule has 1 saturated heterocycles. The SMILES string of the molecule is NC1CCC2(CC1)CCN(C(=O)c1ccccc1)C2. The van der Waals surface area contributed by atoms with E-state index in [4.69, 9.17) is 5.73 Å². The summed E-state index contributed by atoms with van der Waals surface area (Å²) in [6.07, 6.45) is 5.76. The number of carbonyl (C=O) groups is 1. The molecule has 3 nitrogen and oxygen atoms in total. The molecular weight excluding hydrogens is 236 g/mol. The van der Waals surface area contributed by atoms with Crippen molar-refractivity contribution in [3.63, 3.8) is 0 Å². The molecule has 102 valence electrons. The van der Waals surface area contributed by atoms with Gasteiger partial charge in [-0.3, -0.25) is 4.79 Å². The zero-order valence-electron chi connectivity index (χ0n) is 11.3. The highest BCUT2D eigenvalue weighted by atomic mass is 16.2. The molecule has 2 N–H and O–H groups in total. The molecule has 2 fully saturated rings. The number of nitrogens with zero attached hydrogens (tertiary/aromatic N) is 1. The van der Waals surface area contributed by atoms with Gasteiger partial charge in [-0.1, -0.05) is 18.2 Å². The normalized spacial score (nSPS) is 30.8. The summed E-state index contributed by atoms with van der Waals surface area (Å²) in [6.45, 7) is 1.83. The minimum absolute atomic E-state index is 0.187. The second kappa shape index (κ2) is 4.97. The van der Waals surface area contributed by atoms with Crippen molar-refractivity contribution in [2.75, 3.05) is 13.1 Å². The highest BCUT2D eigenvalue weighted by Crippen LogP contribution is 2.43. The van der Waals surface area contributed by atoms with Crippen LogP contribution in [-0.4, -0.2) is 29.9 Å².